The molecule has 0 radical (unpaired) electrons. The van der Waals surface area contributed by atoms with E-state index in [4.69, 9.17) is 16.3 Å². The highest BCUT2D eigenvalue weighted by molar-refractivity contribution is 8.00. The van der Waals surface area contributed by atoms with Crippen LogP contribution in [0.1, 0.15) is 5.56 Å². The summed E-state index contributed by atoms with van der Waals surface area (Å²) in [5, 5.41) is -0.338. The largest absolute Gasteiger partial charge is 0.446 e. The second-order valence-corrected chi connectivity index (χ2v) is 7.67. The Kier molecular flexibility index (Phi) is 6.89. The van der Waals surface area contributed by atoms with Gasteiger partial charge >= 0.3 is 11.7 Å². The van der Waals surface area contributed by atoms with Crippen molar-refractivity contribution in [1.82, 2.24) is 4.98 Å². The van der Waals surface area contributed by atoms with Gasteiger partial charge in [0, 0.05) is 22.5 Å². The summed E-state index contributed by atoms with van der Waals surface area (Å²) in [7, 11) is 0. The van der Waals surface area contributed by atoms with E-state index in [0.29, 0.717) is 30.0 Å². The molecule has 0 aliphatic carbocycles. The molecule has 1 heterocycles. The Balaban J connectivity index is 1.75. The summed E-state index contributed by atoms with van der Waals surface area (Å²) in [5.41, 5.74) is -4.75. The zero-order valence-corrected chi connectivity index (χ0v) is 17.2. The van der Waals surface area contributed by atoms with Crippen LogP contribution in [0.2, 0.25) is 5.02 Å². The molecule has 0 aliphatic heterocycles. The SMILES string of the molecule is O=CN(c1ccc(Oc2ncc(C(F)(F)F)cc2Cl)cc1)c1ccc(SC(F)(F)F)cc1. The van der Waals surface area contributed by atoms with Gasteiger partial charge in [0.05, 0.1) is 5.56 Å². The van der Waals surface area contributed by atoms with Crippen molar-refractivity contribution < 1.29 is 35.9 Å². The van der Waals surface area contributed by atoms with Crippen LogP contribution in [0.15, 0.2) is 65.7 Å². The number of thioether (sulfide) groups is 1. The van der Waals surface area contributed by atoms with E-state index in [1.165, 1.54) is 53.4 Å². The molecule has 32 heavy (non-hydrogen) atoms. The van der Waals surface area contributed by atoms with Crippen molar-refractivity contribution in [2.75, 3.05) is 4.90 Å². The van der Waals surface area contributed by atoms with Gasteiger partial charge in [-0.3, -0.25) is 9.69 Å². The maximum Gasteiger partial charge on any atom is 0.446 e. The van der Waals surface area contributed by atoms with Gasteiger partial charge in [0.1, 0.15) is 10.8 Å². The molecule has 12 heteroatoms. The average Bonchev–Trinajstić information content (AvgIpc) is 2.70. The van der Waals surface area contributed by atoms with Crippen LogP contribution >= 0.6 is 23.4 Å². The van der Waals surface area contributed by atoms with Gasteiger partial charge in [0.25, 0.3) is 0 Å². The second kappa shape index (κ2) is 9.29. The molecule has 3 aromatic rings. The molecule has 4 nitrogen and oxygen atoms in total. The Morgan fingerprint density at radius 3 is 1.97 bits per heavy atom. The number of aromatic nitrogens is 1. The monoisotopic (exact) mass is 492 g/mol. The first kappa shape index (κ1) is 23.7. The third-order valence-electron chi connectivity index (χ3n) is 3.92. The number of carbonyl (C=O) groups excluding carboxylic acids is 1. The van der Waals surface area contributed by atoms with Crippen LogP contribution in [0.5, 0.6) is 11.6 Å². The molecule has 0 saturated carbocycles. The van der Waals surface area contributed by atoms with Crippen molar-refractivity contribution in [3.05, 3.63) is 71.4 Å². The number of ether oxygens (including phenoxy) is 1. The van der Waals surface area contributed by atoms with Crippen LogP contribution in [0, 0.1) is 0 Å². The zero-order chi connectivity index (χ0) is 23.5. The van der Waals surface area contributed by atoms with Gasteiger partial charge in [-0.05, 0) is 66.4 Å². The highest BCUT2D eigenvalue weighted by Crippen LogP contribution is 2.38. The van der Waals surface area contributed by atoms with Crippen molar-refractivity contribution in [2.24, 2.45) is 0 Å². The van der Waals surface area contributed by atoms with Crippen molar-refractivity contribution in [2.45, 2.75) is 16.6 Å². The molecule has 0 bridgehead atoms. The lowest BCUT2D eigenvalue weighted by Crippen LogP contribution is -2.13. The maximum absolute atomic E-state index is 12.7. The van der Waals surface area contributed by atoms with Crippen LogP contribution in [0.3, 0.4) is 0 Å². The molecular weight excluding hydrogens is 482 g/mol. The van der Waals surface area contributed by atoms with E-state index in [1.807, 2.05) is 0 Å². The number of pyridine rings is 1. The standard InChI is InChI=1S/C20H11ClF6N2O2S/c21-17-9-12(19(22,23)24)10-28-18(17)31-15-5-1-13(2-6-15)29(11-30)14-3-7-16(8-4-14)32-20(25,26)27/h1-11H. The van der Waals surface area contributed by atoms with Gasteiger partial charge < -0.3 is 4.74 Å². The normalized spacial score (nSPS) is 11.8. The first-order valence-corrected chi connectivity index (χ1v) is 9.77. The minimum Gasteiger partial charge on any atom is -0.438 e. The Morgan fingerprint density at radius 1 is 0.938 bits per heavy atom. The molecule has 2 aromatic carbocycles. The van der Waals surface area contributed by atoms with E-state index in [9.17, 15) is 31.1 Å². The fourth-order valence-electron chi connectivity index (χ4n) is 2.52. The molecule has 0 unspecified atom stereocenters. The fraction of sp³-hybridized carbons (Fsp3) is 0.100. The number of halogens is 7. The van der Waals surface area contributed by atoms with Gasteiger partial charge in [-0.15, -0.1) is 0 Å². The van der Waals surface area contributed by atoms with E-state index in [-0.39, 0.29) is 33.3 Å². The number of nitrogens with zero attached hydrogens (tertiary/aromatic N) is 2. The molecule has 0 aliphatic rings. The van der Waals surface area contributed by atoms with Crippen LogP contribution < -0.4 is 9.64 Å². The lowest BCUT2D eigenvalue weighted by atomic mass is 10.2. The minimum atomic E-state index is -4.60. The molecular formula is C20H11ClF6N2O2S. The van der Waals surface area contributed by atoms with Crippen LogP contribution in [0.4, 0.5) is 37.7 Å². The summed E-state index contributed by atoms with van der Waals surface area (Å²) in [5.74, 6) is -0.0527. The third kappa shape index (κ3) is 6.07. The van der Waals surface area contributed by atoms with E-state index in [0.717, 1.165) is 0 Å². The summed E-state index contributed by atoms with van der Waals surface area (Å²) in [4.78, 5) is 16.3. The molecule has 0 spiro atoms. The predicted octanol–water partition coefficient (Wildman–Crippen LogP) is 7.45. The second-order valence-electron chi connectivity index (χ2n) is 6.12. The number of rotatable bonds is 6. The van der Waals surface area contributed by atoms with E-state index < -0.39 is 17.2 Å². The van der Waals surface area contributed by atoms with Gasteiger partial charge in [-0.2, -0.15) is 26.3 Å². The summed E-state index contributed by atoms with van der Waals surface area (Å²) in [6.07, 6.45) is -3.53. The predicted molar refractivity (Wildman–Crippen MR) is 107 cm³/mol. The van der Waals surface area contributed by atoms with Crippen molar-refractivity contribution >= 4 is 41.1 Å². The number of amides is 1. The minimum absolute atomic E-state index is 0.0308. The number of hydrogen-bond acceptors (Lipinski definition) is 4. The molecule has 0 fully saturated rings. The van der Waals surface area contributed by atoms with Crippen LogP contribution in [-0.2, 0) is 11.0 Å². The maximum atomic E-state index is 12.7. The summed E-state index contributed by atoms with van der Waals surface area (Å²) < 4.78 is 80.8. The summed E-state index contributed by atoms with van der Waals surface area (Å²) in [6, 6.07) is 11.7. The zero-order valence-electron chi connectivity index (χ0n) is 15.6. The third-order valence-corrected chi connectivity index (χ3v) is 4.93. The van der Waals surface area contributed by atoms with Gasteiger partial charge in [-0.25, -0.2) is 4.98 Å². The number of benzene rings is 2. The molecule has 0 N–H and O–H groups in total. The molecule has 1 amide bonds. The number of anilines is 2. The highest BCUT2D eigenvalue weighted by atomic mass is 35.5. The summed E-state index contributed by atoms with van der Waals surface area (Å²) >= 11 is 5.54. The Morgan fingerprint density at radius 2 is 1.50 bits per heavy atom. The van der Waals surface area contributed by atoms with Crippen molar-refractivity contribution in [3.8, 4) is 11.6 Å². The molecule has 3 rings (SSSR count). The molecule has 168 valence electrons. The van der Waals surface area contributed by atoms with Gasteiger partial charge in [0.15, 0.2) is 0 Å². The van der Waals surface area contributed by atoms with Crippen molar-refractivity contribution in [1.29, 1.82) is 0 Å². The Labute approximate surface area is 186 Å². The lowest BCUT2D eigenvalue weighted by Gasteiger charge is -2.18. The topological polar surface area (TPSA) is 42.4 Å². The number of hydrogen-bond donors (Lipinski definition) is 0. The van der Waals surface area contributed by atoms with E-state index in [2.05, 4.69) is 4.98 Å². The van der Waals surface area contributed by atoms with Crippen LogP contribution in [0.25, 0.3) is 0 Å². The lowest BCUT2D eigenvalue weighted by molar-refractivity contribution is -0.137. The highest BCUT2D eigenvalue weighted by Gasteiger charge is 2.32. The smallest absolute Gasteiger partial charge is 0.438 e. The van der Waals surface area contributed by atoms with Gasteiger partial charge in [0.2, 0.25) is 12.3 Å². The number of carbonyl (C=O) groups is 1. The molecule has 0 atom stereocenters. The summed E-state index contributed by atoms with van der Waals surface area (Å²) in [6.45, 7) is 0. The van der Waals surface area contributed by atoms with Crippen LogP contribution in [-0.4, -0.2) is 16.9 Å². The first-order chi connectivity index (χ1) is 15.0. The van der Waals surface area contributed by atoms with E-state index in [1.54, 1.807) is 0 Å². The Hall–Kier alpha value is -2.92. The molecule has 1 aromatic heterocycles. The van der Waals surface area contributed by atoms with Crippen molar-refractivity contribution in [3.63, 3.8) is 0 Å². The Bertz CT molecular complexity index is 1090. The first-order valence-electron chi connectivity index (χ1n) is 8.57. The molecule has 0 saturated heterocycles. The fourth-order valence-corrected chi connectivity index (χ4v) is 3.27. The average molecular weight is 493 g/mol. The quantitative estimate of drug-likeness (QED) is 0.203. The van der Waals surface area contributed by atoms with Gasteiger partial charge in [-0.1, -0.05) is 11.6 Å². The number of alkyl halides is 6. The van der Waals surface area contributed by atoms with E-state index >= 15 is 0 Å².